The fraction of sp³-hybridized carbons (Fsp3) is 0.333. The summed E-state index contributed by atoms with van der Waals surface area (Å²) in [7, 11) is -4.35. The van der Waals surface area contributed by atoms with Gasteiger partial charge < -0.3 is 19.3 Å². The molecule has 0 spiro atoms. The van der Waals surface area contributed by atoms with Crippen molar-refractivity contribution in [2.24, 2.45) is 0 Å². The topological polar surface area (TPSA) is 125 Å². The second-order valence-electron chi connectivity index (χ2n) is 6.94. The number of aryl methyl sites for hydroxylation is 1. The highest BCUT2D eigenvalue weighted by Crippen LogP contribution is 2.27. The summed E-state index contributed by atoms with van der Waals surface area (Å²) in [6.45, 7) is 2.57. The van der Waals surface area contributed by atoms with Crippen LogP contribution in [-0.2, 0) is 33.3 Å². The number of hydrogen-bond acceptors (Lipinski definition) is 9. The van der Waals surface area contributed by atoms with Crippen molar-refractivity contribution in [2.75, 3.05) is 6.61 Å². The first-order valence-electron chi connectivity index (χ1n) is 9.40. The Balaban J connectivity index is 1.91. The van der Waals surface area contributed by atoms with Crippen LogP contribution in [0.5, 0.6) is 0 Å². The van der Waals surface area contributed by atoms with Gasteiger partial charge in [-0.25, -0.2) is 4.79 Å². The Kier molecular flexibility index (Phi) is 7.06. The summed E-state index contributed by atoms with van der Waals surface area (Å²) in [6, 6.07) is 13.8. The smallest absolute Gasteiger partial charge is 0.338 e. The third-order valence-corrected chi connectivity index (χ3v) is 5.85. The predicted octanol–water partition coefficient (Wildman–Crippen LogP) is 1.57. The van der Waals surface area contributed by atoms with E-state index in [-0.39, 0.29) is 17.1 Å². The third-order valence-electron chi connectivity index (χ3n) is 4.52. The number of aliphatic hydroxyl groups excluding tert-OH is 1. The first-order chi connectivity index (χ1) is 14.7. The van der Waals surface area contributed by atoms with E-state index in [2.05, 4.69) is 0 Å². The molecule has 31 heavy (non-hydrogen) atoms. The second-order valence-corrected chi connectivity index (χ2v) is 8.51. The molecule has 0 aliphatic carbocycles. The van der Waals surface area contributed by atoms with E-state index in [0.717, 1.165) is 12.5 Å². The minimum absolute atomic E-state index is 0.145. The van der Waals surface area contributed by atoms with Crippen LogP contribution in [0.1, 0.15) is 22.8 Å². The molecule has 1 heterocycles. The molecule has 3 rings (SSSR count). The number of aliphatic hydroxyl groups is 1. The number of ether oxygens (including phenoxy) is 3. The molecule has 4 atom stereocenters. The molecule has 1 N–H and O–H groups in total. The van der Waals surface area contributed by atoms with Crippen molar-refractivity contribution in [1.29, 1.82) is 0 Å². The quantitative estimate of drug-likeness (QED) is 0.516. The number of carbonyl (C=O) groups is 2. The van der Waals surface area contributed by atoms with Crippen LogP contribution in [0.4, 0.5) is 0 Å². The Labute approximate surface area is 179 Å². The molecule has 166 valence electrons. The van der Waals surface area contributed by atoms with E-state index in [9.17, 15) is 23.1 Å². The van der Waals surface area contributed by atoms with Gasteiger partial charge >= 0.3 is 11.9 Å². The number of benzene rings is 2. The first-order valence-corrected chi connectivity index (χ1v) is 10.8. The normalized spacial score (nSPS) is 23.7. The molecular weight excluding hydrogens is 428 g/mol. The van der Waals surface area contributed by atoms with E-state index in [1.54, 1.807) is 37.3 Å². The third kappa shape index (κ3) is 5.67. The number of esters is 2. The van der Waals surface area contributed by atoms with Crippen LogP contribution in [0, 0.1) is 6.92 Å². The number of rotatable bonds is 6. The number of carbonyl (C=O) groups excluding carboxylic acids is 2. The van der Waals surface area contributed by atoms with Crippen LogP contribution in [-0.4, -0.2) is 56.7 Å². The summed E-state index contributed by atoms with van der Waals surface area (Å²) < 4.78 is 46.5. The zero-order valence-electron chi connectivity index (χ0n) is 16.8. The minimum Gasteiger partial charge on any atom is -0.457 e. The van der Waals surface area contributed by atoms with Crippen molar-refractivity contribution in [3.8, 4) is 0 Å². The highest BCUT2D eigenvalue weighted by molar-refractivity contribution is 7.86. The maximum absolute atomic E-state index is 12.8. The van der Waals surface area contributed by atoms with Crippen LogP contribution in [0.3, 0.4) is 0 Å². The first kappa shape index (κ1) is 22.9. The van der Waals surface area contributed by atoms with Gasteiger partial charge in [-0.1, -0.05) is 35.9 Å². The lowest BCUT2D eigenvalue weighted by molar-refractivity contribution is -0.250. The summed E-state index contributed by atoms with van der Waals surface area (Å²) >= 11 is 0. The van der Waals surface area contributed by atoms with E-state index in [1.165, 1.54) is 24.3 Å². The Morgan fingerprint density at radius 1 is 1.00 bits per heavy atom. The maximum Gasteiger partial charge on any atom is 0.338 e. The van der Waals surface area contributed by atoms with Gasteiger partial charge in [0.05, 0.1) is 17.1 Å². The van der Waals surface area contributed by atoms with Gasteiger partial charge in [0.2, 0.25) is 0 Å². The van der Waals surface area contributed by atoms with Gasteiger partial charge in [0, 0.05) is 6.92 Å². The summed E-state index contributed by atoms with van der Waals surface area (Å²) in [4.78, 5) is 23.9. The van der Waals surface area contributed by atoms with Crippen molar-refractivity contribution >= 4 is 22.1 Å². The molecule has 0 radical (unpaired) electrons. The van der Waals surface area contributed by atoms with Gasteiger partial charge in [0.1, 0.15) is 0 Å². The highest BCUT2D eigenvalue weighted by atomic mass is 32.2. The predicted molar refractivity (Wildman–Crippen MR) is 106 cm³/mol. The molecule has 0 saturated carbocycles. The molecule has 1 fully saturated rings. The average Bonchev–Trinajstić information content (AvgIpc) is 2.73. The van der Waals surface area contributed by atoms with Gasteiger partial charge in [-0.3, -0.25) is 8.98 Å². The fourth-order valence-corrected chi connectivity index (χ4v) is 4.09. The van der Waals surface area contributed by atoms with E-state index in [0.29, 0.717) is 0 Å². The van der Waals surface area contributed by atoms with Crippen molar-refractivity contribution in [3.05, 3.63) is 65.7 Å². The zero-order valence-corrected chi connectivity index (χ0v) is 17.7. The summed E-state index contributed by atoms with van der Waals surface area (Å²) in [5.74, 6) is -1.56. The van der Waals surface area contributed by atoms with Crippen molar-refractivity contribution < 1.29 is 41.5 Å². The zero-order chi connectivity index (χ0) is 22.6. The van der Waals surface area contributed by atoms with E-state index < -0.39 is 46.7 Å². The van der Waals surface area contributed by atoms with Crippen LogP contribution < -0.4 is 0 Å². The molecule has 9 nitrogen and oxygen atoms in total. The van der Waals surface area contributed by atoms with Crippen molar-refractivity contribution in [1.82, 2.24) is 0 Å². The highest BCUT2D eigenvalue weighted by Gasteiger charge is 2.47. The molecule has 0 aromatic heterocycles. The largest absolute Gasteiger partial charge is 0.457 e. The van der Waals surface area contributed by atoms with Gasteiger partial charge in [-0.05, 0) is 31.2 Å². The lowest BCUT2D eigenvalue weighted by atomic mass is 10.0. The Morgan fingerprint density at radius 3 is 2.26 bits per heavy atom. The average molecular weight is 450 g/mol. The SMILES string of the molecule is CC(=O)O[C@H]1CO[C@H](O)[C@H](OC(=O)c2ccccc2)[C@@H]1OS(=O)(=O)c1ccc(C)cc1. The molecule has 0 unspecified atom stereocenters. The molecule has 1 aliphatic rings. The molecule has 1 saturated heterocycles. The number of hydrogen-bond donors (Lipinski definition) is 1. The Hall–Kier alpha value is -2.79. The molecule has 2 aromatic rings. The Morgan fingerprint density at radius 2 is 1.65 bits per heavy atom. The van der Waals surface area contributed by atoms with Crippen LogP contribution in [0.15, 0.2) is 59.5 Å². The molecule has 2 aromatic carbocycles. The van der Waals surface area contributed by atoms with Crippen molar-refractivity contribution in [3.63, 3.8) is 0 Å². The maximum atomic E-state index is 12.8. The lowest BCUT2D eigenvalue weighted by Gasteiger charge is -2.38. The van der Waals surface area contributed by atoms with Crippen molar-refractivity contribution in [2.45, 2.75) is 43.3 Å². The summed E-state index contributed by atoms with van der Waals surface area (Å²) in [6.07, 6.45) is -6.05. The van der Waals surface area contributed by atoms with Gasteiger partial charge in [0.25, 0.3) is 10.1 Å². The second kappa shape index (κ2) is 9.56. The summed E-state index contributed by atoms with van der Waals surface area (Å²) in [5.41, 5.74) is 1.01. The summed E-state index contributed by atoms with van der Waals surface area (Å²) in [5, 5.41) is 10.3. The molecule has 0 amide bonds. The Bertz CT molecular complexity index is 1020. The van der Waals surface area contributed by atoms with Gasteiger partial charge in [-0.15, -0.1) is 0 Å². The van der Waals surface area contributed by atoms with Crippen LogP contribution in [0.2, 0.25) is 0 Å². The molecule has 1 aliphatic heterocycles. The lowest BCUT2D eigenvalue weighted by Crippen LogP contribution is -2.57. The van der Waals surface area contributed by atoms with Gasteiger partial charge in [0.15, 0.2) is 24.6 Å². The molecule has 0 bridgehead atoms. The monoisotopic (exact) mass is 450 g/mol. The van der Waals surface area contributed by atoms with E-state index in [4.69, 9.17) is 18.4 Å². The van der Waals surface area contributed by atoms with E-state index in [1.807, 2.05) is 0 Å². The van der Waals surface area contributed by atoms with Crippen LogP contribution >= 0.6 is 0 Å². The fourth-order valence-electron chi connectivity index (χ4n) is 2.99. The molecular formula is C21H22O9S. The van der Waals surface area contributed by atoms with Gasteiger partial charge in [-0.2, -0.15) is 8.42 Å². The van der Waals surface area contributed by atoms with Crippen LogP contribution in [0.25, 0.3) is 0 Å². The molecule has 10 heteroatoms. The van der Waals surface area contributed by atoms with E-state index >= 15 is 0 Å². The minimum atomic E-state index is -4.35. The standard InChI is InChI=1S/C21H22O9S/c1-13-8-10-16(11-9-13)31(25,26)30-18-17(28-14(2)22)12-27-21(24)19(18)29-20(23)15-6-4-3-5-7-15/h3-11,17-19,21,24H,12H2,1-2H3/t17-,18+,19+,21-/m0/s1.